The van der Waals surface area contributed by atoms with Gasteiger partial charge in [-0.15, -0.1) is 0 Å². The van der Waals surface area contributed by atoms with E-state index in [0.29, 0.717) is 37.8 Å². The van der Waals surface area contributed by atoms with Crippen LogP contribution < -0.4 is 10.2 Å². The van der Waals surface area contributed by atoms with Crippen LogP contribution in [0.3, 0.4) is 0 Å². The van der Waals surface area contributed by atoms with E-state index in [4.69, 9.17) is 4.74 Å². The van der Waals surface area contributed by atoms with Crippen molar-refractivity contribution in [3.63, 3.8) is 0 Å². The van der Waals surface area contributed by atoms with Crippen molar-refractivity contribution in [1.82, 2.24) is 25.1 Å². The summed E-state index contributed by atoms with van der Waals surface area (Å²) in [6.07, 6.45) is 2.82. The first-order chi connectivity index (χ1) is 13.1. The molecule has 2 aliphatic heterocycles. The Bertz CT molecular complexity index is 824. The zero-order chi connectivity index (χ0) is 20.5. The maximum Gasteiger partial charge on any atom is 0.410 e. The summed E-state index contributed by atoms with van der Waals surface area (Å²) >= 11 is 0. The Morgan fingerprint density at radius 2 is 1.89 bits per heavy atom. The second-order valence-corrected chi connectivity index (χ2v) is 7.58. The first-order valence-corrected chi connectivity index (χ1v) is 9.01. The Labute approximate surface area is 163 Å². The number of hydrogen-bond acceptors (Lipinski definition) is 7. The number of nitrogens with zero attached hydrogens (tertiary/aromatic N) is 5. The highest BCUT2D eigenvalue weighted by molar-refractivity contribution is 6.13. The van der Waals surface area contributed by atoms with E-state index >= 15 is 0 Å². The van der Waals surface area contributed by atoms with Gasteiger partial charge in [0, 0.05) is 39.4 Å². The van der Waals surface area contributed by atoms with Crippen molar-refractivity contribution in [3.8, 4) is 0 Å². The minimum atomic E-state index is -0.528. The lowest BCUT2D eigenvalue weighted by Crippen LogP contribution is -2.50. The van der Waals surface area contributed by atoms with E-state index in [2.05, 4.69) is 15.3 Å². The topological polar surface area (TPSA) is 108 Å². The minimum absolute atomic E-state index is 0.226. The quantitative estimate of drug-likeness (QED) is 0.596. The number of urea groups is 1. The largest absolute Gasteiger partial charge is 0.444 e. The molecule has 2 aliphatic rings. The standard InChI is InChI=1S/C18H24N6O4/c1-18(2,3)28-17(27)24-9-7-23(8-10-24)15-19-6-5-12(20-15)11-13-14(25)21-16(26)22(13)4/h5-6,11H,7-10H2,1-4H3,(H,21,25,26)/b13-11-. The molecule has 0 aromatic carbocycles. The number of imide groups is 1. The zero-order valence-corrected chi connectivity index (χ0v) is 16.4. The van der Waals surface area contributed by atoms with Crippen LogP contribution >= 0.6 is 0 Å². The predicted molar refractivity (Wildman–Crippen MR) is 101 cm³/mol. The van der Waals surface area contributed by atoms with E-state index in [1.807, 2.05) is 25.7 Å². The highest BCUT2D eigenvalue weighted by Crippen LogP contribution is 2.17. The number of amides is 4. The van der Waals surface area contributed by atoms with Gasteiger partial charge < -0.3 is 14.5 Å². The summed E-state index contributed by atoms with van der Waals surface area (Å²) in [6, 6.07) is 1.20. The third-order valence-corrected chi connectivity index (χ3v) is 4.28. The number of aromatic nitrogens is 2. The van der Waals surface area contributed by atoms with Crippen LogP contribution in [0.5, 0.6) is 0 Å². The van der Waals surface area contributed by atoms with Crippen LogP contribution in [0.4, 0.5) is 15.5 Å². The van der Waals surface area contributed by atoms with Crippen molar-refractivity contribution in [3.05, 3.63) is 23.7 Å². The molecule has 0 aliphatic carbocycles. The van der Waals surface area contributed by atoms with Crippen LogP contribution in [0, 0.1) is 0 Å². The van der Waals surface area contributed by atoms with Crippen molar-refractivity contribution in [1.29, 1.82) is 0 Å². The Morgan fingerprint density at radius 1 is 1.21 bits per heavy atom. The predicted octanol–water partition coefficient (Wildman–Crippen LogP) is 1.06. The van der Waals surface area contributed by atoms with Crippen molar-refractivity contribution in [2.24, 2.45) is 0 Å². The third-order valence-electron chi connectivity index (χ3n) is 4.28. The van der Waals surface area contributed by atoms with E-state index in [1.165, 1.54) is 11.9 Å². The first-order valence-electron chi connectivity index (χ1n) is 9.01. The average Bonchev–Trinajstić information content (AvgIpc) is 2.87. The number of ether oxygens (including phenoxy) is 1. The number of rotatable bonds is 2. The second-order valence-electron chi connectivity index (χ2n) is 7.58. The number of piperazine rings is 1. The fraction of sp³-hybridized carbons (Fsp3) is 0.500. The van der Waals surface area contributed by atoms with E-state index < -0.39 is 17.5 Å². The van der Waals surface area contributed by atoms with Crippen LogP contribution in [0.25, 0.3) is 6.08 Å². The van der Waals surface area contributed by atoms with E-state index in [-0.39, 0.29) is 11.8 Å². The number of anilines is 1. The lowest BCUT2D eigenvalue weighted by atomic mass is 10.2. The van der Waals surface area contributed by atoms with Gasteiger partial charge in [0.25, 0.3) is 5.91 Å². The number of nitrogens with one attached hydrogen (secondary N) is 1. The summed E-state index contributed by atoms with van der Waals surface area (Å²) in [5.74, 6) is 0.0456. The van der Waals surface area contributed by atoms with Gasteiger partial charge in [-0.1, -0.05) is 0 Å². The molecule has 4 amide bonds. The number of carbonyl (C=O) groups excluding carboxylic acids is 3. The summed E-state index contributed by atoms with van der Waals surface area (Å²) in [6.45, 7) is 7.66. The Morgan fingerprint density at radius 3 is 2.46 bits per heavy atom. The smallest absolute Gasteiger partial charge is 0.410 e. The molecule has 3 rings (SSSR count). The van der Waals surface area contributed by atoms with Crippen LogP contribution in [-0.4, -0.2) is 76.6 Å². The molecule has 1 N–H and O–H groups in total. The van der Waals surface area contributed by atoms with Crippen LogP contribution in [0.1, 0.15) is 26.5 Å². The van der Waals surface area contributed by atoms with Gasteiger partial charge in [0.05, 0.1) is 5.69 Å². The van der Waals surface area contributed by atoms with Gasteiger partial charge in [0.15, 0.2) is 0 Å². The van der Waals surface area contributed by atoms with E-state index in [9.17, 15) is 14.4 Å². The molecule has 0 bridgehead atoms. The molecule has 0 saturated carbocycles. The average molecular weight is 388 g/mol. The van der Waals surface area contributed by atoms with Crippen molar-refractivity contribution in [2.75, 3.05) is 38.1 Å². The van der Waals surface area contributed by atoms with E-state index in [1.54, 1.807) is 23.2 Å². The molecule has 10 nitrogen and oxygen atoms in total. The maximum atomic E-state index is 12.2. The van der Waals surface area contributed by atoms with Crippen molar-refractivity contribution in [2.45, 2.75) is 26.4 Å². The van der Waals surface area contributed by atoms with Gasteiger partial charge in [-0.05, 0) is 32.9 Å². The van der Waals surface area contributed by atoms with E-state index in [0.717, 1.165) is 0 Å². The highest BCUT2D eigenvalue weighted by atomic mass is 16.6. The maximum absolute atomic E-state index is 12.2. The molecular formula is C18H24N6O4. The van der Waals surface area contributed by atoms with Gasteiger partial charge in [-0.3, -0.25) is 15.0 Å². The molecule has 2 fully saturated rings. The minimum Gasteiger partial charge on any atom is -0.444 e. The lowest BCUT2D eigenvalue weighted by molar-refractivity contribution is -0.115. The SMILES string of the molecule is CN1C(=O)NC(=O)/C1=C/c1ccnc(N2CCN(C(=O)OC(C)(C)C)CC2)n1. The molecule has 3 heterocycles. The lowest BCUT2D eigenvalue weighted by Gasteiger charge is -2.35. The molecule has 10 heteroatoms. The van der Waals surface area contributed by atoms with Gasteiger partial charge in [0.1, 0.15) is 11.3 Å². The normalized spacial score (nSPS) is 19.3. The molecule has 0 unspecified atom stereocenters. The molecular weight excluding hydrogens is 364 g/mol. The zero-order valence-electron chi connectivity index (χ0n) is 16.4. The highest BCUT2D eigenvalue weighted by Gasteiger charge is 2.30. The van der Waals surface area contributed by atoms with Gasteiger partial charge in [0.2, 0.25) is 5.95 Å². The summed E-state index contributed by atoms with van der Waals surface area (Å²) in [5.41, 5.74) is 0.218. The van der Waals surface area contributed by atoms with Crippen LogP contribution in [-0.2, 0) is 9.53 Å². The molecule has 150 valence electrons. The van der Waals surface area contributed by atoms with Crippen molar-refractivity contribution >= 4 is 30.1 Å². The number of likely N-dealkylation sites (N-methyl/N-ethyl adjacent to an activating group) is 1. The second kappa shape index (κ2) is 7.45. The molecule has 2 saturated heterocycles. The molecule has 0 spiro atoms. The van der Waals surface area contributed by atoms with Gasteiger partial charge in [-0.2, -0.15) is 0 Å². The fourth-order valence-electron chi connectivity index (χ4n) is 2.82. The van der Waals surface area contributed by atoms with Crippen LogP contribution in [0.15, 0.2) is 18.0 Å². The molecule has 1 aromatic heterocycles. The Balaban J connectivity index is 1.67. The van der Waals surface area contributed by atoms with Crippen molar-refractivity contribution < 1.29 is 19.1 Å². The molecule has 28 heavy (non-hydrogen) atoms. The summed E-state index contributed by atoms with van der Waals surface area (Å²) in [7, 11) is 1.52. The number of carbonyl (C=O) groups is 3. The molecule has 0 atom stereocenters. The van der Waals surface area contributed by atoms with Gasteiger partial charge >= 0.3 is 12.1 Å². The number of hydrogen-bond donors (Lipinski definition) is 1. The monoisotopic (exact) mass is 388 g/mol. The first kappa shape index (κ1) is 19.6. The summed E-state index contributed by atoms with van der Waals surface area (Å²) < 4.78 is 5.40. The van der Waals surface area contributed by atoms with Gasteiger partial charge in [-0.25, -0.2) is 19.6 Å². The third kappa shape index (κ3) is 4.38. The molecule has 1 aromatic rings. The molecule has 0 radical (unpaired) electrons. The summed E-state index contributed by atoms with van der Waals surface area (Å²) in [4.78, 5) is 49.2. The summed E-state index contributed by atoms with van der Waals surface area (Å²) in [5, 5.41) is 2.22. The fourth-order valence-corrected chi connectivity index (χ4v) is 2.82. The Hall–Kier alpha value is -3.17. The Kier molecular flexibility index (Phi) is 5.21. The van der Waals surface area contributed by atoms with Crippen LogP contribution in [0.2, 0.25) is 0 Å².